The van der Waals surface area contributed by atoms with E-state index < -0.39 is 0 Å². The topological polar surface area (TPSA) is 30.9 Å². The van der Waals surface area contributed by atoms with E-state index >= 15 is 0 Å². The van der Waals surface area contributed by atoms with Crippen molar-refractivity contribution in [2.75, 3.05) is 5.73 Å². The van der Waals surface area contributed by atoms with Gasteiger partial charge in [-0.1, -0.05) is 41.4 Å². The van der Waals surface area contributed by atoms with Crippen molar-refractivity contribution in [1.29, 1.82) is 0 Å². The SMILES string of the molecule is Nc1cccc2ccn(Cc3ccc(Cl)cc3Cl)c12. The lowest BCUT2D eigenvalue weighted by molar-refractivity contribution is 0.838. The molecule has 0 bridgehead atoms. The fraction of sp³-hybridized carbons (Fsp3) is 0.0667. The molecule has 0 spiro atoms. The van der Waals surface area contributed by atoms with Crippen LogP contribution in [-0.2, 0) is 6.54 Å². The summed E-state index contributed by atoms with van der Waals surface area (Å²) in [4.78, 5) is 0. The number of nitrogens with zero attached hydrogens (tertiary/aromatic N) is 1. The number of anilines is 1. The van der Waals surface area contributed by atoms with E-state index in [2.05, 4.69) is 10.6 Å². The third kappa shape index (κ3) is 2.29. The zero-order valence-electron chi connectivity index (χ0n) is 10.1. The van der Waals surface area contributed by atoms with Crippen LogP contribution in [0.25, 0.3) is 10.9 Å². The van der Waals surface area contributed by atoms with Crippen LogP contribution in [-0.4, -0.2) is 4.57 Å². The van der Waals surface area contributed by atoms with Gasteiger partial charge in [0.05, 0.1) is 11.2 Å². The fourth-order valence-electron chi connectivity index (χ4n) is 2.26. The molecule has 3 aromatic rings. The molecular weight excluding hydrogens is 279 g/mol. The Hall–Kier alpha value is -1.64. The Balaban J connectivity index is 2.06. The molecule has 0 aliphatic heterocycles. The number of para-hydroxylation sites is 1. The second kappa shape index (κ2) is 4.80. The molecule has 0 aliphatic rings. The molecule has 1 heterocycles. The smallest absolute Gasteiger partial charge is 0.0716 e. The summed E-state index contributed by atoms with van der Waals surface area (Å²) >= 11 is 12.1. The molecule has 0 fully saturated rings. The van der Waals surface area contributed by atoms with Gasteiger partial charge in [0, 0.05) is 28.2 Å². The lowest BCUT2D eigenvalue weighted by Gasteiger charge is -2.09. The molecular formula is C15H12Cl2N2. The van der Waals surface area contributed by atoms with Crippen LogP contribution < -0.4 is 5.73 Å². The molecule has 3 rings (SSSR count). The molecule has 4 heteroatoms. The van der Waals surface area contributed by atoms with Gasteiger partial charge in [-0.05, 0) is 29.8 Å². The first-order valence-corrected chi connectivity index (χ1v) is 6.68. The Morgan fingerprint density at radius 1 is 1.05 bits per heavy atom. The molecule has 2 nitrogen and oxygen atoms in total. The van der Waals surface area contributed by atoms with Gasteiger partial charge in [-0.2, -0.15) is 0 Å². The van der Waals surface area contributed by atoms with E-state index in [-0.39, 0.29) is 0 Å². The molecule has 0 saturated carbocycles. The van der Waals surface area contributed by atoms with Crippen LogP contribution in [0.1, 0.15) is 5.56 Å². The van der Waals surface area contributed by atoms with E-state index in [9.17, 15) is 0 Å². The van der Waals surface area contributed by atoms with Crippen molar-refractivity contribution in [3.63, 3.8) is 0 Å². The Kier molecular flexibility index (Phi) is 3.13. The molecule has 0 aliphatic carbocycles. The van der Waals surface area contributed by atoms with Crippen molar-refractivity contribution < 1.29 is 0 Å². The average molecular weight is 291 g/mol. The van der Waals surface area contributed by atoms with Gasteiger partial charge in [0.1, 0.15) is 0 Å². The highest BCUT2D eigenvalue weighted by Crippen LogP contribution is 2.26. The summed E-state index contributed by atoms with van der Waals surface area (Å²) in [5.74, 6) is 0. The van der Waals surface area contributed by atoms with Gasteiger partial charge in [-0.3, -0.25) is 0 Å². The van der Waals surface area contributed by atoms with Gasteiger partial charge in [-0.25, -0.2) is 0 Å². The first-order valence-electron chi connectivity index (χ1n) is 5.92. The summed E-state index contributed by atoms with van der Waals surface area (Å²) in [5, 5.41) is 2.44. The molecule has 0 saturated heterocycles. The number of benzene rings is 2. The van der Waals surface area contributed by atoms with Gasteiger partial charge in [0.15, 0.2) is 0 Å². The van der Waals surface area contributed by atoms with Crippen molar-refractivity contribution in [3.05, 3.63) is 64.3 Å². The maximum Gasteiger partial charge on any atom is 0.0716 e. The van der Waals surface area contributed by atoms with E-state index in [1.54, 1.807) is 6.07 Å². The Labute approximate surface area is 121 Å². The summed E-state index contributed by atoms with van der Waals surface area (Å²) in [6, 6.07) is 13.5. The van der Waals surface area contributed by atoms with Gasteiger partial charge in [0.2, 0.25) is 0 Å². The second-order valence-corrected chi connectivity index (χ2v) is 5.31. The standard InChI is InChI=1S/C15H12Cl2N2/c16-12-5-4-11(13(17)8-12)9-19-7-6-10-2-1-3-14(18)15(10)19/h1-8H,9,18H2. The lowest BCUT2D eigenvalue weighted by Crippen LogP contribution is -2.00. The molecule has 0 radical (unpaired) electrons. The van der Waals surface area contributed by atoms with E-state index in [0.29, 0.717) is 16.6 Å². The van der Waals surface area contributed by atoms with Gasteiger partial charge in [0.25, 0.3) is 0 Å². The highest BCUT2D eigenvalue weighted by Gasteiger charge is 2.07. The van der Waals surface area contributed by atoms with Gasteiger partial charge in [-0.15, -0.1) is 0 Å². The largest absolute Gasteiger partial charge is 0.397 e. The minimum absolute atomic E-state index is 0.644. The second-order valence-electron chi connectivity index (χ2n) is 4.46. The minimum Gasteiger partial charge on any atom is -0.397 e. The molecule has 96 valence electrons. The summed E-state index contributed by atoms with van der Waals surface area (Å²) in [6.45, 7) is 0.674. The summed E-state index contributed by atoms with van der Waals surface area (Å²) in [6.07, 6.45) is 2.02. The number of fused-ring (bicyclic) bond motifs is 1. The zero-order chi connectivity index (χ0) is 13.4. The van der Waals surface area contributed by atoms with E-state index in [4.69, 9.17) is 28.9 Å². The number of nitrogen functional groups attached to an aromatic ring is 1. The van der Waals surface area contributed by atoms with Crippen LogP contribution in [0.4, 0.5) is 5.69 Å². The summed E-state index contributed by atoms with van der Waals surface area (Å²) in [7, 11) is 0. The Morgan fingerprint density at radius 2 is 1.89 bits per heavy atom. The molecule has 19 heavy (non-hydrogen) atoms. The first-order chi connectivity index (χ1) is 9.15. The third-order valence-corrected chi connectivity index (χ3v) is 3.76. The quantitative estimate of drug-likeness (QED) is 0.688. The summed E-state index contributed by atoms with van der Waals surface area (Å²) in [5.41, 5.74) is 8.87. The van der Waals surface area contributed by atoms with Crippen LogP contribution >= 0.6 is 23.2 Å². The van der Waals surface area contributed by atoms with Crippen LogP contribution in [0.15, 0.2) is 48.7 Å². The Morgan fingerprint density at radius 3 is 2.68 bits per heavy atom. The van der Waals surface area contributed by atoms with E-state index in [1.165, 1.54) is 0 Å². The van der Waals surface area contributed by atoms with Crippen LogP contribution in [0.3, 0.4) is 0 Å². The number of aromatic nitrogens is 1. The molecule has 0 amide bonds. The van der Waals surface area contributed by atoms with E-state index in [0.717, 1.165) is 22.2 Å². The third-order valence-electron chi connectivity index (χ3n) is 3.18. The van der Waals surface area contributed by atoms with Crippen molar-refractivity contribution >= 4 is 39.8 Å². The number of hydrogen-bond donors (Lipinski definition) is 1. The van der Waals surface area contributed by atoms with Crippen molar-refractivity contribution in [2.24, 2.45) is 0 Å². The number of rotatable bonds is 2. The van der Waals surface area contributed by atoms with Crippen molar-refractivity contribution in [1.82, 2.24) is 4.57 Å². The number of nitrogens with two attached hydrogens (primary N) is 1. The van der Waals surface area contributed by atoms with Crippen LogP contribution in [0.5, 0.6) is 0 Å². The van der Waals surface area contributed by atoms with Crippen molar-refractivity contribution in [2.45, 2.75) is 6.54 Å². The average Bonchev–Trinajstić information content (AvgIpc) is 2.77. The fourth-order valence-corrected chi connectivity index (χ4v) is 2.72. The lowest BCUT2D eigenvalue weighted by atomic mass is 10.2. The normalized spacial score (nSPS) is 11.1. The highest BCUT2D eigenvalue weighted by atomic mass is 35.5. The van der Waals surface area contributed by atoms with E-state index in [1.807, 2.05) is 36.5 Å². The Bertz CT molecular complexity index is 747. The molecule has 2 N–H and O–H groups in total. The van der Waals surface area contributed by atoms with Crippen LogP contribution in [0, 0.1) is 0 Å². The molecule has 0 unspecified atom stereocenters. The van der Waals surface area contributed by atoms with Gasteiger partial charge >= 0.3 is 0 Å². The minimum atomic E-state index is 0.644. The molecule has 1 aromatic heterocycles. The van der Waals surface area contributed by atoms with Crippen LogP contribution in [0.2, 0.25) is 10.0 Å². The highest BCUT2D eigenvalue weighted by molar-refractivity contribution is 6.35. The zero-order valence-corrected chi connectivity index (χ0v) is 11.6. The first kappa shape index (κ1) is 12.4. The number of halogens is 2. The molecule has 0 atom stereocenters. The monoisotopic (exact) mass is 290 g/mol. The maximum atomic E-state index is 6.21. The predicted octanol–water partition coefficient (Wildman–Crippen LogP) is 4.58. The van der Waals surface area contributed by atoms with Gasteiger partial charge < -0.3 is 10.3 Å². The summed E-state index contributed by atoms with van der Waals surface area (Å²) < 4.78 is 2.10. The predicted molar refractivity (Wildman–Crippen MR) is 81.9 cm³/mol. The molecule has 2 aromatic carbocycles. The van der Waals surface area contributed by atoms with Crippen molar-refractivity contribution in [3.8, 4) is 0 Å². The maximum absolute atomic E-state index is 6.21. The number of hydrogen-bond acceptors (Lipinski definition) is 1.